The highest BCUT2D eigenvalue weighted by molar-refractivity contribution is 7.11. The molecule has 0 radical (unpaired) electrons. The van der Waals surface area contributed by atoms with E-state index in [1.807, 2.05) is 17.8 Å². The van der Waals surface area contributed by atoms with E-state index in [0.717, 1.165) is 42.0 Å². The summed E-state index contributed by atoms with van der Waals surface area (Å²) in [4.78, 5) is 14.4. The number of thiazole rings is 1. The van der Waals surface area contributed by atoms with Crippen molar-refractivity contribution in [2.45, 2.75) is 45.8 Å². The number of guanidine groups is 1. The van der Waals surface area contributed by atoms with Crippen molar-refractivity contribution in [3.8, 4) is 0 Å². The summed E-state index contributed by atoms with van der Waals surface area (Å²) >= 11 is 1.70. The average Bonchev–Trinajstić information content (AvgIpc) is 3.08. The van der Waals surface area contributed by atoms with Crippen molar-refractivity contribution < 1.29 is 0 Å². The third-order valence-electron chi connectivity index (χ3n) is 3.59. The SMILES string of the molecule is CN=C(NCc1ncc(C)s1)NC1CCCn2nc(C)nc21. The first-order valence-electron chi connectivity index (χ1n) is 7.45. The monoisotopic (exact) mass is 319 g/mol. The van der Waals surface area contributed by atoms with Crippen LogP contribution in [0.4, 0.5) is 0 Å². The van der Waals surface area contributed by atoms with E-state index >= 15 is 0 Å². The molecule has 2 N–H and O–H groups in total. The summed E-state index contributed by atoms with van der Waals surface area (Å²) in [5.74, 6) is 2.59. The Labute approximate surface area is 133 Å². The van der Waals surface area contributed by atoms with Crippen LogP contribution < -0.4 is 10.6 Å². The predicted octanol–water partition coefficient (Wildman–Crippen LogP) is 1.55. The van der Waals surface area contributed by atoms with E-state index in [9.17, 15) is 0 Å². The quantitative estimate of drug-likeness (QED) is 0.663. The molecule has 118 valence electrons. The summed E-state index contributed by atoms with van der Waals surface area (Å²) in [6, 6.07) is 0.152. The van der Waals surface area contributed by atoms with Crippen LogP contribution >= 0.6 is 11.3 Å². The Hall–Kier alpha value is -1.96. The molecule has 1 aliphatic rings. The summed E-state index contributed by atoms with van der Waals surface area (Å²) in [5, 5.41) is 12.2. The zero-order valence-corrected chi connectivity index (χ0v) is 13.9. The van der Waals surface area contributed by atoms with Crippen LogP contribution in [0.1, 0.15) is 40.4 Å². The van der Waals surface area contributed by atoms with Gasteiger partial charge in [-0.3, -0.25) is 4.99 Å². The van der Waals surface area contributed by atoms with Gasteiger partial charge < -0.3 is 10.6 Å². The molecule has 7 nitrogen and oxygen atoms in total. The second kappa shape index (κ2) is 6.43. The highest BCUT2D eigenvalue weighted by atomic mass is 32.1. The summed E-state index contributed by atoms with van der Waals surface area (Å²) in [6.07, 6.45) is 4.02. The Balaban J connectivity index is 1.63. The number of hydrogen-bond acceptors (Lipinski definition) is 5. The molecule has 22 heavy (non-hydrogen) atoms. The lowest BCUT2D eigenvalue weighted by atomic mass is 10.1. The van der Waals surface area contributed by atoms with E-state index in [1.165, 1.54) is 4.88 Å². The number of aryl methyl sites for hydroxylation is 3. The molecular formula is C14H21N7S. The van der Waals surface area contributed by atoms with E-state index in [0.29, 0.717) is 6.54 Å². The molecule has 1 aliphatic heterocycles. The Kier molecular flexibility index (Phi) is 4.37. The topological polar surface area (TPSA) is 80.0 Å². The van der Waals surface area contributed by atoms with Gasteiger partial charge in [-0.15, -0.1) is 11.3 Å². The van der Waals surface area contributed by atoms with Gasteiger partial charge >= 0.3 is 0 Å². The van der Waals surface area contributed by atoms with Gasteiger partial charge in [0.15, 0.2) is 5.96 Å². The van der Waals surface area contributed by atoms with E-state index in [1.54, 1.807) is 18.4 Å². The van der Waals surface area contributed by atoms with E-state index in [2.05, 4.69) is 37.6 Å². The molecule has 0 bridgehead atoms. The lowest BCUT2D eigenvalue weighted by Gasteiger charge is -2.24. The summed E-state index contributed by atoms with van der Waals surface area (Å²) in [7, 11) is 1.78. The fourth-order valence-electron chi connectivity index (χ4n) is 2.61. The maximum Gasteiger partial charge on any atom is 0.191 e. The maximum atomic E-state index is 4.54. The molecule has 0 saturated heterocycles. The Morgan fingerprint density at radius 1 is 1.50 bits per heavy atom. The Bertz CT molecular complexity index is 673. The van der Waals surface area contributed by atoms with E-state index in [4.69, 9.17) is 0 Å². The first-order valence-corrected chi connectivity index (χ1v) is 8.27. The predicted molar refractivity (Wildman–Crippen MR) is 86.9 cm³/mol. The van der Waals surface area contributed by atoms with Crippen LogP contribution in [-0.4, -0.2) is 32.8 Å². The normalized spacial score (nSPS) is 18.1. The lowest BCUT2D eigenvalue weighted by Crippen LogP contribution is -2.41. The van der Waals surface area contributed by atoms with Crippen LogP contribution in [0.25, 0.3) is 0 Å². The fourth-order valence-corrected chi connectivity index (χ4v) is 3.33. The van der Waals surface area contributed by atoms with Crippen molar-refractivity contribution in [1.82, 2.24) is 30.4 Å². The van der Waals surface area contributed by atoms with Crippen molar-refractivity contribution in [3.63, 3.8) is 0 Å². The van der Waals surface area contributed by atoms with Gasteiger partial charge in [-0.25, -0.2) is 14.6 Å². The van der Waals surface area contributed by atoms with Gasteiger partial charge in [0.1, 0.15) is 16.7 Å². The minimum absolute atomic E-state index is 0.152. The van der Waals surface area contributed by atoms with Crippen LogP contribution in [0.2, 0.25) is 0 Å². The molecule has 3 heterocycles. The van der Waals surface area contributed by atoms with E-state index < -0.39 is 0 Å². The molecule has 2 aromatic rings. The average molecular weight is 319 g/mol. The Morgan fingerprint density at radius 3 is 3.09 bits per heavy atom. The summed E-state index contributed by atoms with van der Waals surface area (Å²) < 4.78 is 1.99. The summed E-state index contributed by atoms with van der Waals surface area (Å²) in [6.45, 7) is 5.61. The smallest absolute Gasteiger partial charge is 0.191 e. The van der Waals surface area contributed by atoms with Crippen LogP contribution in [0.3, 0.4) is 0 Å². The third-order valence-corrected chi connectivity index (χ3v) is 4.50. The van der Waals surface area contributed by atoms with Gasteiger partial charge in [-0.05, 0) is 26.7 Å². The van der Waals surface area contributed by atoms with Gasteiger partial charge in [0, 0.05) is 24.7 Å². The number of rotatable bonds is 3. The van der Waals surface area contributed by atoms with Crippen molar-refractivity contribution >= 4 is 17.3 Å². The largest absolute Gasteiger partial charge is 0.350 e. The van der Waals surface area contributed by atoms with Crippen molar-refractivity contribution in [2.24, 2.45) is 4.99 Å². The molecule has 0 amide bonds. The molecule has 0 spiro atoms. The number of hydrogen-bond donors (Lipinski definition) is 2. The highest BCUT2D eigenvalue weighted by Gasteiger charge is 2.24. The zero-order chi connectivity index (χ0) is 15.5. The number of fused-ring (bicyclic) bond motifs is 1. The molecule has 0 aliphatic carbocycles. The molecule has 1 atom stereocenters. The van der Waals surface area contributed by atoms with Crippen LogP contribution in [0.15, 0.2) is 11.2 Å². The van der Waals surface area contributed by atoms with Crippen LogP contribution in [0.5, 0.6) is 0 Å². The molecule has 0 aromatic carbocycles. The molecule has 3 rings (SSSR count). The third kappa shape index (κ3) is 3.27. The van der Waals surface area contributed by atoms with Crippen molar-refractivity contribution in [1.29, 1.82) is 0 Å². The standard InChI is InChI=1S/C14H21N7S/c1-9-7-16-12(22-9)8-17-14(15-3)19-11-5-4-6-21-13(11)18-10(2)20-21/h7,11H,4-6,8H2,1-3H3,(H2,15,17,19). The first-order chi connectivity index (χ1) is 10.7. The van der Waals surface area contributed by atoms with Gasteiger partial charge in [-0.1, -0.05) is 0 Å². The van der Waals surface area contributed by atoms with Crippen molar-refractivity contribution in [2.75, 3.05) is 7.05 Å². The molecular weight excluding hydrogens is 298 g/mol. The van der Waals surface area contributed by atoms with Crippen LogP contribution in [0, 0.1) is 13.8 Å². The second-order valence-electron chi connectivity index (χ2n) is 5.37. The minimum atomic E-state index is 0.152. The first kappa shape index (κ1) is 15.0. The second-order valence-corrected chi connectivity index (χ2v) is 6.69. The zero-order valence-electron chi connectivity index (χ0n) is 13.1. The number of aromatic nitrogens is 4. The maximum absolute atomic E-state index is 4.54. The van der Waals surface area contributed by atoms with Gasteiger partial charge in [0.2, 0.25) is 0 Å². The summed E-state index contributed by atoms with van der Waals surface area (Å²) in [5.41, 5.74) is 0. The Morgan fingerprint density at radius 2 is 2.36 bits per heavy atom. The highest BCUT2D eigenvalue weighted by Crippen LogP contribution is 2.22. The van der Waals surface area contributed by atoms with Gasteiger partial charge in [0.05, 0.1) is 12.6 Å². The molecule has 2 aromatic heterocycles. The van der Waals surface area contributed by atoms with Crippen molar-refractivity contribution in [3.05, 3.63) is 27.7 Å². The molecule has 8 heteroatoms. The van der Waals surface area contributed by atoms with Crippen LogP contribution in [-0.2, 0) is 13.1 Å². The molecule has 0 saturated carbocycles. The fraction of sp³-hybridized carbons (Fsp3) is 0.571. The lowest BCUT2D eigenvalue weighted by molar-refractivity contribution is 0.397. The van der Waals surface area contributed by atoms with Gasteiger partial charge in [-0.2, -0.15) is 5.10 Å². The van der Waals surface area contributed by atoms with Gasteiger partial charge in [0.25, 0.3) is 0 Å². The van der Waals surface area contributed by atoms with E-state index in [-0.39, 0.29) is 6.04 Å². The molecule has 0 fully saturated rings. The molecule has 1 unspecified atom stereocenters. The minimum Gasteiger partial charge on any atom is -0.350 e. The number of nitrogens with zero attached hydrogens (tertiary/aromatic N) is 5. The number of nitrogens with one attached hydrogen (secondary N) is 2. The number of aliphatic imine (C=N–C) groups is 1.